The molecule has 0 atom stereocenters. The Morgan fingerprint density at radius 2 is 1.48 bits per heavy atom. The summed E-state index contributed by atoms with van der Waals surface area (Å²) in [7, 11) is 1.40. The van der Waals surface area contributed by atoms with E-state index in [4.69, 9.17) is 9.47 Å². The molecule has 3 N–H and O–H groups in total. The number of hydrogen-bond donors (Lipinski definition) is 3. The molecular weight excluding hydrogens is 404 g/mol. The van der Waals surface area contributed by atoms with Crippen molar-refractivity contribution in [3.05, 3.63) is 46.5 Å². The normalized spacial score (nSPS) is 10.5. The summed E-state index contributed by atoms with van der Waals surface area (Å²) >= 11 is 0. The van der Waals surface area contributed by atoms with Gasteiger partial charge in [0.2, 0.25) is 0 Å². The van der Waals surface area contributed by atoms with Gasteiger partial charge in [0.1, 0.15) is 39.9 Å². The van der Waals surface area contributed by atoms with Crippen LogP contribution in [0.4, 0.5) is 0 Å². The van der Waals surface area contributed by atoms with Crippen LogP contribution in [0.25, 0.3) is 0 Å². The second kappa shape index (κ2) is 10.5. The molecule has 8 heteroatoms. The topological polar surface area (TPSA) is 130 Å². The zero-order valence-electron chi connectivity index (χ0n) is 17.7. The lowest BCUT2D eigenvalue weighted by Gasteiger charge is -2.14. The van der Waals surface area contributed by atoms with Crippen molar-refractivity contribution in [2.24, 2.45) is 0 Å². The van der Waals surface area contributed by atoms with E-state index in [0.29, 0.717) is 31.2 Å². The Morgan fingerprint density at radius 1 is 0.871 bits per heavy atom. The molecule has 0 heterocycles. The van der Waals surface area contributed by atoms with Gasteiger partial charge in [-0.25, -0.2) is 9.59 Å². The molecule has 0 saturated carbocycles. The van der Waals surface area contributed by atoms with Crippen molar-refractivity contribution in [3.63, 3.8) is 0 Å². The molecule has 0 radical (unpaired) electrons. The van der Waals surface area contributed by atoms with Crippen LogP contribution in [0.3, 0.4) is 0 Å². The second-order valence-electron chi connectivity index (χ2n) is 7.07. The fraction of sp³-hybridized carbons (Fsp3) is 0.348. The van der Waals surface area contributed by atoms with Crippen LogP contribution >= 0.6 is 0 Å². The highest BCUT2D eigenvalue weighted by atomic mass is 16.5. The van der Waals surface area contributed by atoms with Gasteiger partial charge < -0.3 is 24.8 Å². The van der Waals surface area contributed by atoms with Crippen LogP contribution in [0, 0.1) is 0 Å². The first-order valence-corrected chi connectivity index (χ1v) is 9.94. The van der Waals surface area contributed by atoms with E-state index in [2.05, 4.69) is 0 Å². The number of hydrogen-bond acceptors (Lipinski definition) is 7. The Labute approximate surface area is 180 Å². The summed E-state index contributed by atoms with van der Waals surface area (Å²) < 4.78 is 10.4. The van der Waals surface area contributed by atoms with Crippen LogP contribution in [0.1, 0.15) is 65.0 Å². The molecule has 0 saturated heterocycles. The number of esters is 1. The highest BCUT2D eigenvalue weighted by Crippen LogP contribution is 2.32. The van der Waals surface area contributed by atoms with Gasteiger partial charge >= 0.3 is 11.9 Å². The summed E-state index contributed by atoms with van der Waals surface area (Å²) in [5, 5.41) is 29.8. The number of methoxy groups -OCH3 is 1. The number of phenolic OH excluding ortho intramolecular Hbond substituents is 1. The summed E-state index contributed by atoms with van der Waals surface area (Å²) in [5.74, 6) is -3.08. The highest BCUT2D eigenvalue weighted by molar-refractivity contribution is 5.98. The van der Waals surface area contributed by atoms with Crippen molar-refractivity contribution in [3.8, 4) is 23.0 Å². The van der Waals surface area contributed by atoms with E-state index in [1.165, 1.54) is 25.3 Å². The van der Waals surface area contributed by atoms with Crippen LogP contribution in [0.15, 0.2) is 24.3 Å². The predicted octanol–water partition coefficient (Wildman–Crippen LogP) is 3.89. The number of ketones is 1. The first-order chi connectivity index (χ1) is 14.7. The summed E-state index contributed by atoms with van der Waals surface area (Å²) in [6, 6.07) is 5.12. The first-order valence-electron chi connectivity index (χ1n) is 9.94. The molecule has 0 aliphatic heterocycles. The second-order valence-corrected chi connectivity index (χ2v) is 7.07. The van der Waals surface area contributed by atoms with Gasteiger partial charge in [-0.3, -0.25) is 4.79 Å². The molecule has 0 bridgehead atoms. The van der Waals surface area contributed by atoms with Crippen molar-refractivity contribution in [2.75, 3.05) is 7.11 Å². The molecule has 0 aliphatic rings. The number of aryl methyl sites for hydroxylation is 1. The number of phenols is 2. The summed E-state index contributed by atoms with van der Waals surface area (Å²) in [5.41, 5.74) is 0.124. The number of rotatable bonds is 10. The van der Waals surface area contributed by atoms with Gasteiger partial charge in [-0.2, -0.15) is 0 Å². The Morgan fingerprint density at radius 3 is 2.06 bits per heavy atom. The first kappa shape index (κ1) is 23.7. The third-order valence-electron chi connectivity index (χ3n) is 4.65. The van der Waals surface area contributed by atoms with E-state index in [9.17, 15) is 29.7 Å². The third-order valence-corrected chi connectivity index (χ3v) is 4.65. The number of benzene rings is 2. The Bertz CT molecular complexity index is 994. The van der Waals surface area contributed by atoms with Gasteiger partial charge in [0.25, 0.3) is 0 Å². The van der Waals surface area contributed by atoms with E-state index in [1.807, 2.05) is 13.8 Å². The van der Waals surface area contributed by atoms with Crippen molar-refractivity contribution in [1.29, 1.82) is 0 Å². The van der Waals surface area contributed by atoms with Crippen LogP contribution in [0.2, 0.25) is 0 Å². The fourth-order valence-corrected chi connectivity index (χ4v) is 3.32. The smallest absolute Gasteiger partial charge is 0.347 e. The molecule has 0 amide bonds. The van der Waals surface area contributed by atoms with Gasteiger partial charge in [-0.05, 0) is 36.1 Å². The van der Waals surface area contributed by atoms with E-state index in [1.54, 1.807) is 0 Å². The molecule has 0 spiro atoms. The Balaban J connectivity index is 2.45. The van der Waals surface area contributed by atoms with Crippen molar-refractivity contribution < 1.29 is 39.2 Å². The molecule has 8 nitrogen and oxygen atoms in total. The monoisotopic (exact) mass is 430 g/mol. The molecule has 2 aromatic rings. The average Bonchev–Trinajstić information content (AvgIpc) is 2.67. The lowest BCUT2D eigenvalue weighted by Crippen LogP contribution is -2.15. The van der Waals surface area contributed by atoms with Crippen LogP contribution in [-0.4, -0.2) is 40.2 Å². The van der Waals surface area contributed by atoms with E-state index < -0.39 is 23.4 Å². The summed E-state index contributed by atoms with van der Waals surface area (Å²) in [6.07, 6.45) is 1.83. The predicted molar refractivity (Wildman–Crippen MR) is 112 cm³/mol. The molecule has 0 fully saturated rings. The zero-order chi connectivity index (χ0) is 23.1. The number of carboxylic acids is 1. The van der Waals surface area contributed by atoms with Crippen molar-refractivity contribution in [1.82, 2.24) is 0 Å². The molecule has 2 aromatic carbocycles. The lowest BCUT2D eigenvalue weighted by atomic mass is 9.99. The number of carbonyl (C=O) groups is 3. The van der Waals surface area contributed by atoms with Crippen molar-refractivity contribution >= 4 is 17.7 Å². The molecule has 31 heavy (non-hydrogen) atoms. The molecule has 0 aliphatic carbocycles. The van der Waals surface area contributed by atoms with Crippen molar-refractivity contribution in [2.45, 2.75) is 46.0 Å². The number of aromatic hydroxyl groups is 2. The Hall–Kier alpha value is -3.55. The highest BCUT2D eigenvalue weighted by Gasteiger charge is 2.24. The zero-order valence-corrected chi connectivity index (χ0v) is 17.7. The van der Waals surface area contributed by atoms with Gasteiger partial charge in [0.05, 0.1) is 7.11 Å². The molecular formula is C23H26O8. The number of ether oxygens (including phenoxy) is 2. The standard InChI is InChI=1S/C23H26O8/c1-4-6-13-9-17(12-18(25)20(13)22(27)28)31-23(29)21-14(8-15(24)7-5-2)10-16(30-3)11-19(21)26/h9-12,25-26H,4-8H2,1-3H3,(H,27,28). The minimum absolute atomic E-state index is 0.0722. The maximum absolute atomic E-state index is 12.9. The van der Waals surface area contributed by atoms with E-state index in [0.717, 1.165) is 6.07 Å². The molecule has 166 valence electrons. The minimum Gasteiger partial charge on any atom is -0.507 e. The lowest BCUT2D eigenvalue weighted by molar-refractivity contribution is -0.118. The number of carbonyl (C=O) groups excluding carboxylic acids is 2. The average molecular weight is 430 g/mol. The minimum atomic E-state index is -1.29. The van der Waals surface area contributed by atoms with Gasteiger partial charge in [0, 0.05) is 25.0 Å². The largest absolute Gasteiger partial charge is 0.507 e. The van der Waals surface area contributed by atoms with Crippen LogP contribution in [0.5, 0.6) is 23.0 Å². The number of Topliss-reactive ketones (excluding diaryl/α,β-unsaturated/α-hetero) is 1. The Kier molecular flexibility index (Phi) is 8.01. The summed E-state index contributed by atoms with van der Waals surface area (Å²) in [4.78, 5) is 36.5. The van der Waals surface area contributed by atoms with Crippen LogP contribution < -0.4 is 9.47 Å². The fourth-order valence-electron chi connectivity index (χ4n) is 3.32. The SMILES string of the molecule is CCCC(=O)Cc1cc(OC)cc(O)c1C(=O)Oc1cc(O)c(C(=O)O)c(CCC)c1. The van der Waals surface area contributed by atoms with E-state index >= 15 is 0 Å². The number of carboxylic acid groups (broad SMARTS) is 1. The van der Waals surface area contributed by atoms with Gasteiger partial charge in [-0.15, -0.1) is 0 Å². The maximum Gasteiger partial charge on any atom is 0.347 e. The molecule has 0 aromatic heterocycles. The maximum atomic E-state index is 12.9. The molecule has 2 rings (SSSR count). The van der Waals surface area contributed by atoms with E-state index in [-0.39, 0.29) is 40.4 Å². The third kappa shape index (κ3) is 5.75. The van der Waals surface area contributed by atoms with Gasteiger partial charge in [-0.1, -0.05) is 20.3 Å². The van der Waals surface area contributed by atoms with Gasteiger partial charge in [0.15, 0.2) is 0 Å². The molecule has 0 unspecified atom stereocenters. The number of aromatic carboxylic acids is 1. The summed E-state index contributed by atoms with van der Waals surface area (Å²) in [6.45, 7) is 3.70. The quantitative estimate of drug-likeness (QED) is 0.382. The van der Waals surface area contributed by atoms with Crippen LogP contribution in [-0.2, 0) is 17.6 Å².